The van der Waals surface area contributed by atoms with Gasteiger partial charge in [-0.1, -0.05) is 50.2 Å². The smallest absolute Gasteiger partial charge is 0.261 e. The van der Waals surface area contributed by atoms with E-state index in [1.165, 1.54) is 29.0 Å². The van der Waals surface area contributed by atoms with E-state index in [0.29, 0.717) is 57.4 Å². The lowest BCUT2D eigenvalue weighted by Gasteiger charge is -2.19. The van der Waals surface area contributed by atoms with Gasteiger partial charge in [-0.25, -0.2) is 4.39 Å². The lowest BCUT2D eigenvalue weighted by molar-refractivity contribution is 0.0939. The van der Waals surface area contributed by atoms with Crippen LogP contribution >= 0.6 is 11.3 Å². The SMILES string of the molecule is Cc1nnc(-c2c(CCc3ccc(F)cc3)nc(CC(C)C)c(C(N)=O)c2-c2ccc(C(=O)N[C@H]3CCc4ccccc43)s2)o1. The first-order chi connectivity index (χ1) is 21.7. The Hall–Kier alpha value is -4.70. The molecule has 5 aromatic rings. The number of thiophene rings is 1. The number of carbonyl (C=O) groups is 2. The Balaban J connectivity index is 1.45. The highest BCUT2D eigenvalue weighted by atomic mass is 32.1. The standard InChI is InChI=1S/C35H34FN5O3S/c1-19(2)18-27-30(33(37)42)32(28-16-17-29(45-28)34(43)39-25-15-11-22-6-4-5-7-24(22)25)31(35-41-40-20(3)44-35)26(38-27)14-10-21-8-12-23(36)13-9-21/h4-9,12-13,16-17,19,25H,10-11,14-15,18H2,1-3H3,(H2,37,42)(H,39,43)/t25-/m0/s1. The van der Waals surface area contributed by atoms with Crippen molar-refractivity contribution in [2.75, 3.05) is 0 Å². The number of aryl methyl sites for hydroxylation is 4. The normalized spacial score (nSPS) is 14.1. The topological polar surface area (TPSA) is 124 Å². The van der Waals surface area contributed by atoms with Gasteiger partial charge in [-0.2, -0.15) is 0 Å². The summed E-state index contributed by atoms with van der Waals surface area (Å²) < 4.78 is 19.5. The molecule has 0 fully saturated rings. The van der Waals surface area contributed by atoms with Gasteiger partial charge in [-0.15, -0.1) is 21.5 Å². The Kier molecular flexibility index (Phi) is 8.58. The van der Waals surface area contributed by atoms with Gasteiger partial charge in [-0.05, 0) is 79.0 Å². The number of nitrogens with two attached hydrogens (primary N) is 1. The Morgan fingerprint density at radius 2 is 1.80 bits per heavy atom. The van der Waals surface area contributed by atoms with Crippen molar-refractivity contribution in [2.45, 2.75) is 58.9 Å². The zero-order valence-electron chi connectivity index (χ0n) is 25.4. The molecule has 10 heteroatoms. The van der Waals surface area contributed by atoms with Crippen molar-refractivity contribution in [3.8, 4) is 21.9 Å². The summed E-state index contributed by atoms with van der Waals surface area (Å²) in [7, 11) is 0. The number of rotatable bonds is 10. The first-order valence-corrected chi connectivity index (χ1v) is 15.9. The molecule has 1 aliphatic rings. The number of aromatic nitrogens is 3. The molecule has 230 valence electrons. The van der Waals surface area contributed by atoms with Crippen LogP contribution in [0.5, 0.6) is 0 Å². The Morgan fingerprint density at radius 3 is 2.51 bits per heavy atom. The van der Waals surface area contributed by atoms with Crippen LogP contribution in [0.15, 0.2) is 65.1 Å². The molecule has 0 aliphatic heterocycles. The van der Waals surface area contributed by atoms with E-state index in [4.69, 9.17) is 15.1 Å². The van der Waals surface area contributed by atoms with Crippen LogP contribution < -0.4 is 11.1 Å². The molecule has 0 saturated carbocycles. The number of nitrogens with one attached hydrogen (secondary N) is 1. The van der Waals surface area contributed by atoms with Gasteiger partial charge in [0.05, 0.1) is 33.4 Å². The van der Waals surface area contributed by atoms with Gasteiger partial charge >= 0.3 is 0 Å². The maximum Gasteiger partial charge on any atom is 0.261 e. The number of amides is 2. The molecule has 2 amide bonds. The first kappa shape index (κ1) is 30.3. The molecule has 45 heavy (non-hydrogen) atoms. The Morgan fingerprint density at radius 1 is 1.02 bits per heavy atom. The van der Waals surface area contributed by atoms with Crippen molar-refractivity contribution in [1.82, 2.24) is 20.5 Å². The van der Waals surface area contributed by atoms with Crippen LogP contribution in [-0.4, -0.2) is 27.0 Å². The van der Waals surface area contributed by atoms with Crippen molar-refractivity contribution < 1.29 is 18.4 Å². The van der Waals surface area contributed by atoms with Gasteiger partial charge in [0.2, 0.25) is 11.8 Å². The number of pyridine rings is 1. The molecular formula is C35H34FN5O3S. The minimum atomic E-state index is -0.627. The maximum absolute atomic E-state index is 13.6. The van der Waals surface area contributed by atoms with Crippen molar-refractivity contribution in [3.63, 3.8) is 0 Å². The Bertz CT molecular complexity index is 1880. The highest BCUT2D eigenvalue weighted by Gasteiger charge is 2.30. The van der Waals surface area contributed by atoms with Crippen LogP contribution in [0.1, 0.15) is 80.3 Å². The van der Waals surface area contributed by atoms with Crippen molar-refractivity contribution in [2.24, 2.45) is 11.7 Å². The molecule has 0 radical (unpaired) electrons. The van der Waals surface area contributed by atoms with Gasteiger partial charge in [-0.3, -0.25) is 14.6 Å². The zero-order chi connectivity index (χ0) is 31.7. The fraction of sp³-hybridized carbons (Fsp3) is 0.286. The third-order valence-corrected chi connectivity index (χ3v) is 9.11. The molecule has 1 aliphatic carbocycles. The lowest BCUT2D eigenvalue weighted by Crippen LogP contribution is -2.26. The molecule has 6 rings (SSSR count). The van der Waals surface area contributed by atoms with Gasteiger partial charge in [0.15, 0.2) is 0 Å². The molecular weight excluding hydrogens is 589 g/mol. The number of carbonyl (C=O) groups excluding carboxylic acids is 2. The molecule has 3 aromatic heterocycles. The van der Waals surface area contributed by atoms with Crippen LogP contribution in [0.2, 0.25) is 0 Å². The molecule has 0 bridgehead atoms. The van der Waals surface area contributed by atoms with E-state index < -0.39 is 5.91 Å². The second kappa shape index (κ2) is 12.7. The van der Waals surface area contributed by atoms with Crippen molar-refractivity contribution in [3.05, 3.63) is 111 Å². The van der Waals surface area contributed by atoms with Crippen LogP contribution in [0, 0.1) is 18.7 Å². The van der Waals surface area contributed by atoms with E-state index in [9.17, 15) is 14.0 Å². The quantitative estimate of drug-likeness (QED) is 0.176. The number of hydrogen-bond donors (Lipinski definition) is 2. The third kappa shape index (κ3) is 6.42. The first-order valence-electron chi connectivity index (χ1n) is 15.1. The average Bonchev–Trinajstić information content (AvgIpc) is 3.76. The molecule has 0 spiro atoms. The summed E-state index contributed by atoms with van der Waals surface area (Å²) in [5, 5.41) is 11.6. The minimum Gasteiger partial charge on any atom is -0.421 e. The van der Waals surface area contributed by atoms with Gasteiger partial charge in [0.1, 0.15) is 5.82 Å². The predicted molar refractivity (Wildman–Crippen MR) is 171 cm³/mol. The molecule has 0 saturated heterocycles. The predicted octanol–water partition coefficient (Wildman–Crippen LogP) is 6.81. The summed E-state index contributed by atoms with van der Waals surface area (Å²) in [5.41, 5.74) is 11.9. The summed E-state index contributed by atoms with van der Waals surface area (Å²) in [6.07, 6.45) is 3.29. The van der Waals surface area contributed by atoms with E-state index in [1.807, 2.05) is 32.0 Å². The fourth-order valence-corrected chi connectivity index (χ4v) is 6.95. The molecule has 2 aromatic carbocycles. The van der Waals surface area contributed by atoms with Crippen molar-refractivity contribution in [1.29, 1.82) is 0 Å². The van der Waals surface area contributed by atoms with Gasteiger partial charge < -0.3 is 15.5 Å². The molecule has 3 heterocycles. The monoisotopic (exact) mass is 623 g/mol. The minimum absolute atomic E-state index is 0.0611. The zero-order valence-corrected chi connectivity index (χ0v) is 26.2. The van der Waals surface area contributed by atoms with E-state index in [-0.39, 0.29) is 35.1 Å². The Labute approximate surface area is 264 Å². The van der Waals surface area contributed by atoms with Gasteiger partial charge in [0, 0.05) is 17.4 Å². The lowest BCUT2D eigenvalue weighted by atomic mass is 9.91. The fourth-order valence-electron chi connectivity index (χ4n) is 5.99. The highest BCUT2D eigenvalue weighted by molar-refractivity contribution is 7.17. The molecule has 3 N–H and O–H groups in total. The van der Waals surface area contributed by atoms with E-state index in [1.54, 1.807) is 25.1 Å². The third-order valence-electron chi connectivity index (χ3n) is 8.01. The van der Waals surface area contributed by atoms with E-state index >= 15 is 0 Å². The van der Waals surface area contributed by atoms with Crippen molar-refractivity contribution >= 4 is 23.2 Å². The van der Waals surface area contributed by atoms with E-state index in [2.05, 4.69) is 27.6 Å². The summed E-state index contributed by atoms with van der Waals surface area (Å²) in [5.74, 6) is -0.362. The summed E-state index contributed by atoms with van der Waals surface area (Å²) in [4.78, 5) is 32.9. The van der Waals surface area contributed by atoms with Crippen LogP contribution in [-0.2, 0) is 25.7 Å². The number of benzene rings is 2. The van der Waals surface area contributed by atoms with E-state index in [0.717, 1.165) is 24.0 Å². The summed E-state index contributed by atoms with van der Waals surface area (Å²) in [6, 6.07) is 18.1. The van der Waals surface area contributed by atoms with Crippen LogP contribution in [0.25, 0.3) is 21.9 Å². The number of fused-ring (bicyclic) bond motifs is 1. The largest absolute Gasteiger partial charge is 0.421 e. The number of nitrogens with zero attached hydrogens (tertiary/aromatic N) is 3. The second-order valence-electron chi connectivity index (χ2n) is 11.8. The van der Waals surface area contributed by atoms with Gasteiger partial charge in [0.25, 0.3) is 11.8 Å². The van der Waals surface area contributed by atoms with Crippen LogP contribution in [0.3, 0.4) is 0 Å². The summed E-state index contributed by atoms with van der Waals surface area (Å²) >= 11 is 1.28. The molecule has 0 unspecified atom stereocenters. The summed E-state index contributed by atoms with van der Waals surface area (Å²) in [6.45, 7) is 5.79. The molecule has 8 nitrogen and oxygen atoms in total. The number of halogens is 1. The highest BCUT2D eigenvalue weighted by Crippen LogP contribution is 2.42. The number of hydrogen-bond acceptors (Lipinski definition) is 7. The maximum atomic E-state index is 13.6. The second-order valence-corrected chi connectivity index (χ2v) is 12.9. The molecule has 1 atom stereocenters. The average molecular weight is 624 g/mol. The van der Waals surface area contributed by atoms with Crippen LogP contribution in [0.4, 0.5) is 4.39 Å². The number of primary amides is 1.